The lowest BCUT2D eigenvalue weighted by Gasteiger charge is -2.09. The van der Waals surface area contributed by atoms with Gasteiger partial charge < -0.3 is 4.74 Å². The van der Waals surface area contributed by atoms with E-state index in [1.165, 1.54) is 17.4 Å². The number of fused-ring (bicyclic) bond motifs is 1. The molecular weight excluding hydrogens is 442 g/mol. The lowest BCUT2D eigenvalue weighted by molar-refractivity contribution is 0.102. The molecule has 2 aromatic carbocycles. The van der Waals surface area contributed by atoms with Crippen molar-refractivity contribution < 1.29 is 17.9 Å². The maximum absolute atomic E-state index is 12.8. The van der Waals surface area contributed by atoms with Gasteiger partial charge in [0, 0.05) is 5.69 Å². The third kappa shape index (κ3) is 4.02. The van der Waals surface area contributed by atoms with Crippen molar-refractivity contribution in [3.8, 4) is 5.75 Å². The number of methoxy groups -OCH3 is 1. The molecule has 2 N–H and O–H groups in total. The molecule has 0 aliphatic carbocycles. The summed E-state index contributed by atoms with van der Waals surface area (Å²) < 4.78 is 34.3. The van der Waals surface area contributed by atoms with Crippen molar-refractivity contribution in [2.45, 2.75) is 11.8 Å². The number of anilines is 2. The van der Waals surface area contributed by atoms with E-state index in [4.69, 9.17) is 4.74 Å². The second-order valence-electron chi connectivity index (χ2n) is 6.37. The number of hydrogen-bond donors (Lipinski definition) is 2. The second kappa shape index (κ2) is 8.05. The molecule has 4 rings (SSSR count). The summed E-state index contributed by atoms with van der Waals surface area (Å²) in [4.78, 5) is 17.2. The predicted octanol–water partition coefficient (Wildman–Crippen LogP) is 4.73. The van der Waals surface area contributed by atoms with Crippen molar-refractivity contribution >= 4 is 59.6 Å². The fourth-order valence-corrected chi connectivity index (χ4v) is 6.06. The second-order valence-corrected chi connectivity index (χ2v) is 9.96. The van der Waals surface area contributed by atoms with Crippen molar-refractivity contribution in [2.75, 3.05) is 17.1 Å². The molecular formula is C20H17N3O4S3. The summed E-state index contributed by atoms with van der Waals surface area (Å²) in [5.41, 5.74) is 2.08. The number of carbonyl (C=O) groups excluding carboxylic acids is 1. The Hall–Kier alpha value is -2.95. The van der Waals surface area contributed by atoms with E-state index in [0.717, 1.165) is 21.6 Å². The SMILES string of the molecule is COc1cccc2sc(NC(=O)c3sccc3S(=O)(=O)Nc3ccc(C)cc3)nc12. The van der Waals surface area contributed by atoms with Gasteiger partial charge >= 0.3 is 0 Å². The molecule has 7 nitrogen and oxygen atoms in total. The third-order valence-corrected chi connectivity index (χ3v) is 7.65. The monoisotopic (exact) mass is 459 g/mol. The van der Waals surface area contributed by atoms with Crippen molar-refractivity contribution in [2.24, 2.45) is 0 Å². The van der Waals surface area contributed by atoms with Crippen LogP contribution in [0.3, 0.4) is 0 Å². The molecule has 0 fully saturated rings. The van der Waals surface area contributed by atoms with Crippen molar-refractivity contribution in [1.82, 2.24) is 4.98 Å². The van der Waals surface area contributed by atoms with Crippen LogP contribution in [0.2, 0.25) is 0 Å². The van der Waals surface area contributed by atoms with E-state index in [2.05, 4.69) is 15.0 Å². The summed E-state index contributed by atoms with van der Waals surface area (Å²) in [6.45, 7) is 1.91. The molecule has 0 aliphatic heterocycles. The number of hydrogen-bond acceptors (Lipinski definition) is 7. The molecule has 0 saturated heterocycles. The third-order valence-electron chi connectivity index (χ3n) is 4.25. The number of rotatable bonds is 6. The normalized spacial score (nSPS) is 11.4. The van der Waals surface area contributed by atoms with Crippen LogP contribution in [-0.4, -0.2) is 26.4 Å². The van der Waals surface area contributed by atoms with Crippen molar-refractivity contribution in [1.29, 1.82) is 0 Å². The molecule has 0 bridgehead atoms. The molecule has 0 unspecified atom stereocenters. The highest BCUT2D eigenvalue weighted by atomic mass is 32.2. The number of benzene rings is 2. The van der Waals surface area contributed by atoms with E-state index in [9.17, 15) is 13.2 Å². The number of aryl methyl sites for hydroxylation is 1. The highest BCUT2D eigenvalue weighted by molar-refractivity contribution is 7.93. The van der Waals surface area contributed by atoms with Crippen LogP contribution in [0, 0.1) is 6.92 Å². The maximum Gasteiger partial charge on any atom is 0.268 e. The van der Waals surface area contributed by atoms with Gasteiger partial charge in [0.1, 0.15) is 21.0 Å². The molecule has 1 amide bonds. The number of ether oxygens (including phenoxy) is 1. The minimum absolute atomic E-state index is 0.0794. The molecule has 0 spiro atoms. The van der Waals surface area contributed by atoms with Crippen LogP contribution in [0.15, 0.2) is 58.8 Å². The molecule has 0 aliphatic rings. The average Bonchev–Trinajstić information content (AvgIpc) is 3.36. The first-order valence-corrected chi connectivity index (χ1v) is 12.0. The van der Waals surface area contributed by atoms with Crippen LogP contribution in [0.25, 0.3) is 10.2 Å². The van der Waals surface area contributed by atoms with Gasteiger partial charge in [-0.3, -0.25) is 14.8 Å². The number of carbonyl (C=O) groups is 1. The van der Waals surface area contributed by atoms with Gasteiger partial charge in [-0.05, 0) is 42.6 Å². The van der Waals surface area contributed by atoms with Crippen LogP contribution in [0.1, 0.15) is 15.2 Å². The fraction of sp³-hybridized carbons (Fsp3) is 0.100. The van der Waals surface area contributed by atoms with E-state index < -0.39 is 15.9 Å². The molecule has 10 heteroatoms. The Morgan fingerprint density at radius 1 is 1.10 bits per heavy atom. The van der Waals surface area contributed by atoms with Gasteiger partial charge in [0.2, 0.25) is 0 Å². The zero-order chi connectivity index (χ0) is 21.3. The number of nitrogens with one attached hydrogen (secondary N) is 2. The molecule has 2 heterocycles. The summed E-state index contributed by atoms with van der Waals surface area (Å²) in [7, 11) is -2.37. The first-order valence-electron chi connectivity index (χ1n) is 8.79. The van der Waals surface area contributed by atoms with E-state index in [-0.39, 0.29) is 9.77 Å². The largest absolute Gasteiger partial charge is 0.494 e. The van der Waals surface area contributed by atoms with E-state index >= 15 is 0 Å². The molecule has 0 radical (unpaired) electrons. The smallest absolute Gasteiger partial charge is 0.268 e. The summed E-state index contributed by atoms with van der Waals surface area (Å²) in [6.07, 6.45) is 0. The summed E-state index contributed by atoms with van der Waals surface area (Å²) >= 11 is 2.34. The van der Waals surface area contributed by atoms with Crippen LogP contribution >= 0.6 is 22.7 Å². The minimum atomic E-state index is -3.92. The van der Waals surface area contributed by atoms with Crippen molar-refractivity contribution in [3.63, 3.8) is 0 Å². The van der Waals surface area contributed by atoms with E-state index in [1.807, 2.05) is 19.1 Å². The Balaban J connectivity index is 1.59. The first kappa shape index (κ1) is 20.3. The van der Waals surface area contributed by atoms with Crippen LogP contribution < -0.4 is 14.8 Å². The van der Waals surface area contributed by atoms with Gasteiger partial charge in [0.15, 0.2) is 5.13 Å². The lowest BCUT2D eigenvalue weighted by Crippen LogP contribution is -2.18. The average molecular weight is 460 g/mol. The number of para-hydroxylation sites is 1. The van der Waals surface area contributed by atoms with Crippen molar-refractivity contribution in [3.05, 3.63) is 64.4 Å². The Labute approximate surface area is 181 Å². The molecule has 0 atom stereocenters. The number of thiazole rings is 1. The topological polar surface area (TPSA) is 97.4 Å². The van der Waals surface area contributed by atoms with Crippen LogP contribution in [0.4, 0.5) is 10.8 Å². The Bertz CT molecular complexity index is 1330. The number of amides is 1. The quantitative estimate of drug-likeness (QED) is 0.435. The molecule has 2 aromatic heterocycles. The fourth-order valence-electron chi connectivity index (χ4n) is 2.80. The summed E-state index contributed by atoms with van der Waals surface area (Å²) in [6, 6.07) is 13.9. The van der Waals surface area contributed by atoms with Gasteiger partial charge in [-0.1, -0.05) is 35.1 Å². The summed E-state index contributed by atoms with van der Waals surface area (Å²) in [5.74, 6) is 0.0678. The van der Waals surface area contributed by atoms with Gasteiger partial charge in [0.05, 0.1) is 11.8 Å². The molecule has 4 aromatic rings. The van der Waals surface area contributed by atoms with Gasteiger partial charge in [-0.15, -0.1) is 11.3 Å². The zero-order valence-electron chi connectivity index (χ0n) is 16.0. The number of nitrogens with zero attached hydrogens (tertiary/aromatic N) is 1. The van der Waals surface area contributed by atoms with E-state index in [0.29, 0.717) is 22.1 Å². The Morgan fingerprint density at radius 2 is 1.87 bits per heavy atom. The highest BCUT2D eigenvalue weighted by Gasteiger charge is 2.25. The number of thiophene rings is 1. The minimum Gasteiger partial charge on any atom is -0.494 e. The molecule has 0 saturated carbocycles. The van der Waals surface area contributed by atoms with Gasteiger partial charge in [0.25, 0.3) is 15.9 Å². The number of aromatic nitrogens is 1. The Morgan fingerprint density at radius 3 is 2.60 bits per heavy atom. The zero-order valence-corrected chi connectivity index (χ0v) is 18.5. The molecule has 154 valence electrons. The standard InChI is InChI=1S/C20H17N3O4S3/c1-12-6-8-13(9-7-12)23-30(25,26)16-10-11-28-18(16)19(24)22-20-21-17-14(27-2)4-3-5-15(17)29-20/h3-11,23H,1-2H3,(H,21,22,24). The Kier molecular flexibility index (Phi) is 5.46. The lowest BCUT2D eigenvalue weighted by atomic mass is 10.2. The van der Waals surface area contributed by atoms with E-state index in [1.54, 1.807) is 42.8 Å². The van der Waals surface area contributed by atoms with Crippen LogP contribution in [0.5, 0.6) is 5.75 Å². The molecule has 30 heavy (non-hydrogen) atoms. The summed E-state index contributed by atoms with van der Waals surface area (Å²) in [5, 5.41) is 4.63. The predicted molar refractivity (Wildman–Crippen MR) is 120 cm³/mol. The van der Waals surface area contributed by atoms with Crippen LogP contribution in [-0.2, 0) is 10.0 Å². The number of sulfonamides is 1. The van der Waals surface area contributed by atoms with Gasteiger partial charge in [-0.2, -0.15) is 0 Å². The maximum atomic E-state index is 12.8. The first-order chi connectivity index (χ1) is 14.4. The van der Waals surface area contributed by atoms with Gasteiger partial charge in [-0.25, -0.2) is 13.4 Å². The highest BCUT2D eigenvalue weighted by Crippen LogP contribution is 2.33.